The zero-order valence-corrected chi connectivity index (χ0v) is 20.4. The molecule has 10 nitrogen and oxygen atoms in total. The summed E-state index contributed by atoms with van der Waals surface area (Å²) in [5.74, 6) is 1.17. The lowest BCUT2D eigenvalue weighted by Gasteiger charge is -2.37. The number of nitrogens with zero attached hydrogens (tertiary/aromatic N) is 2. The predicted molar refractivity (Wildman–Crippen MR) is 124 cm³/mol. The van der Waals surface area contributed by atoms with Gasteiger partial charge in [0.2, 0.25) is 10.0 Å². The highest BCUT2D eigenvalue weighted by Crippen LogP contribution is 2.35. The molecule has 1 aliphatic carbocycles. The molecule has 11 heteroatoms. The van der Waals surface area contributed by atoms with Crippen LogP contribution in [-0.2, 0) is 27.7 Å². The molecule has 1 fully saturated rings. The number of nitro groups is 1. The van der Waals surface area contributed by atoms with Gasteiger partial charge in [-0.25, -0.2) is 18.1 Å². The number of sulfonamides is 1. The molecule has 0 radical (unpaired) electrons. The molecule has 0 spiro atoms. The number of methoxy groups -OCH3 is 1. The molecule has 0 atom stereocenters. The zero-order valence-electron chi connectivity index (χ0n) is 19.6. The van der Waals surface area contributed by atoms with E-state index in [9.17, 15) is 18.5 Å². The average molecular weight is 481 g/mol. The molecule has 2 aromatic rings. The van der Waals surface area contributed by atoms with Gasteiger partial charge >= 0.3 is 0 Å². The fourth-order valence-electron chi connectivity index (χ4n) is 4.45. The number of oxazole rings is 1. The second-order valence-electron chi connectivity index (χ2n) is 8.54. The molecule has 0 unspecified atom stereocenters. The van der Waals surface area contributed by atoms with Gasteiger partial charge in [-0.05, 0) is 38.8 Å². The molecule has 2 N–H and O–H groups in total. The normalized spacial score (nSPS) is 16.0. The van der Waals surface area contributed by atoms with Gasteiger partial charge in [0.15, 0.2) is 5.89 Å². The number of aryl methyl sites for hydroxylation is 2. The van der Waals surface area contributed by atoms with E-state index in [2.05, 4.69) is 15.0 Å². The van der Waals surface area contributed by atoms with Crippen molar-refractivity contribution in [3.05, 3.63) is 45.2 Å². The Labute approximate surface area is 194 Å². The Balaban J connectivity index is 1.91. The van der Waals surface area contributed by atoms with Crippen molar-refractivity contribution in [3.63, 3.8) is 0 Å². The van der Waals surface area contributed by atoms with Gasteiger partial charge in [-0.3, -0.25) is 10.1 Å². The molecule has 1 saturated carbocycles. The molecule has 1 heterocycles. The number of benzene rings is 1. The van der Waals surface area contributed by atoms with Crippen LogP contribution < -0.4 is 10.0 Å². The Morgan fingerprint density at radius 1 is 1.24 bits per heavy atom. The second-order valence-corrected chi connectivity index (χ2v) is 10.2. The van der Waals surface area contributed by atoms with Crippen molar-refractivity contribution in [1.29, 1.82) is 0 Å². The average Bonchev–Trinajstić information content (AvgIpc) is 3.11. The number of anilines is 1. The van der Waals surface area contributed by atoms with Gasteiger partial charge in [0.25, 0.3) is 5.69 Å². The first-order chi connectivity index (χ1) is 15.6. The molecular formula is C22H32N4O6S. The SMILES string of the molecule is CCc1nc(C)c(CNc2ccc(S(=O)(=O)NC3(COC)CCCCC3)c(C)c2[N+](=O)[O-])o1. The van der Waals surface area contributed by atoms with Gasteiger partial charge in [-0.15, -0.1) is 0 Å². The Kier molecular flexibility index (Phi) is 7.76. The van der Waals surface area contributed by atoms with Crippen molar-refractivity contribution in [2.45, 2.75) is 76.3 Å². The molecule has 182 valence electrons. The van der Waals surface area contributed by atoms with Crippen LogP contribution >= 0.6 is 0 Å². The lowest BCUT2D eigenvalue weighted by Crippen LogP contribution is -2.52. The van der Waals surface area contributed by atoms with E-state index in [1.165, 1.54) is 19.1 Å². The third-order valence-electron chi connectivity index (χ3n) is 6.11. The van der Waals surface area contributed by atoms with E-state index in [4.69, 9.17) is 9.15 Å². The largest absolute Gasteiger partial charge is 0.444 e. The van der Waals surface area contributed by atoms with Crippen LogP contribution in [0.3, 0.4) is 0 Å². The first-order valence-corrected chi connectivity index (χ1v) is 12.6. The van der Waals surface area contributed by atoms with Crippen molar-refractivity contribution < 1.29 is 22.5 Å². The van der Waals surface area contributed by atoms with Gasteiger partial charge in [0.05, 0.1) is 34.2 Å². The van der Waals surface area contributed by atoms with Crippen LogP contribution in [0.5, 0.6) is 0 Å². The quantitative estimate of drug-likeness (QED) is 0.384. The van der Waals surface area contributed by atoms with E-state index in [-0.39, 0.29) is 35.0 Å². The van der Waals surface area contributed by atoms with Gasteiger partial charge in [0.1, 0.15) is 11.4 Å². The summed E-state index contributed by atoms with van der Waals surface area (Å²) in [5.41, 5.74) is 0.0114. The maximum absolute atomic E-state index is 13.3. The van der Waals surface area contributed by atoms with Crippen molar-refractivity contribution in [1.82, 2.24) is 9.71 Å². The minimum Gasteiger partial charge on any atom is -0.444 e. The Hall–Kier alpha value is -2.50. The summed E-state index contributed by atoms with van der Waals surface area (Å²) in [6.07, 6.45) is 4.81. The Morgan fingerprint density at radius 3 is 2.52 bits per heavy atom. The van der Waals surface area contributed by atoms with Crippen molar-refractivity contribution in [2.75, 3.05) is 19.0 Å². The Morgan fingerprint density at radius 2 is 1.94 bits per heavy atom. The first kappa shape index (κ1) is 25.1. The molecule has 0 bridgehead atoms. The summed E-state index contributed by atoms with van der Waals surface area (Å²) in [4.78, 5) is 15.5. The number of hydrogen-bond acceptors (Lipinski definition) is 8. The maximum atomic E-state index is 13.3. The molecule has 0 saturated heterocycles. The van der Waals surface area contributed by atoms with E-state index < -0.39 is 20.5 Å². The number of nitro benzene ring substituents is 1. The standard InChI is InChI=1S/C22H32N4O6S/c1-5-20-24-16(3)18(32-20)13-23-17-9-10-19(15(2)21(17)26(27)28)33(29,30)25-22(14-31-4)11-7-6-8-12-22/h9-10,23,25H,5-8,11-14H2,1-4H3. The number of nitrogens with one attached hydrogen (secondary N) is 2. The maximum Gasteiger partial charge on any atom is 0.296 e. The van der Waals surface area contributed by atoms with E-state index in [1.807, 2.05) is 13.8 Å². The van der Waals surface area contributed by atoms with Gasteiger partial charge < -0.3 is 14.5 Å². The number of rotatable bonds is 10. The lowest BCUT2D eigenvalue weighted by atomic mass is 9.83. The van der Waals surface area contributed by atoms with Crippen LogP contribution in [0.1, 0.15) is 61.9 Å². The molecule has 0 amide bonds. The number of hydrogen-bond donors (Lipinski definition) is 2. The monoisotopic (exact) mass is 480 g/mol. The van der Waals surface area contributed by atoms with E-state index in [0.29, 0.717) is 36.6 Å². The highest BCUT2D eigenvalue weighted by atomic mass is 32.2. The molecule has 3 rings (SSSR count). The van der Waals surface area contributed by atoms with Crippen LogP contribution in [0.25, 0.3) is 0 Å². The van der Waals surface area contributed by atoms with Gasteiger partial charge in [-0.1, -0.05) is 26.2 Å². The highest BCUT2D eigenvalue weighted by molar-refractivity contribution is 7.89. The van der Waals surface area contributed by atoms with Gasteiger partial charge in [0, 0.05) is 19.1 Å². The summed E-state index contributed by atoms with van der Waals surface area (Å²) in [7, 11) is -2.47. The number of ether oxygens (including phenoxy) is 1. The minimum absolute atomic E-state index is 0.0735. The van der Waals surface area contributed by atoms with E-state index >= 15 is 0 Å². The van der Waals surface area contributed by atoms with Crippen LogP contribution in [0.4, 0.5) is 11.4 Å². The van der Waals surface area contributed by atoms with Crippen molar-refractivity contribution >= 4 is 21.4 Å². The topological polar surface area (TPSA) is 137 Å². The molecule has 0 aliphatic heterocycles. The van der Waals surface area contributed by atoms with Crippen LogP contribution in [-0.4, -0.2) is 37.6 Å². The summed E-state index contributed by atoms with van der Waals surface area (Å²) >= 11 is 0. The predicted octanol–water partition coefficient (Wildman–Crippen LogP) is 4.00. The fourth-order valence-corrected chi connectivity index (χ4v) is 6.14. The van der Waals surface area contributed by atoms with Crippen LogP contribution in [0, 0.1) is 24.0 Å². The van der Waals surface area contributed by atoms with Crippen molar-refractivity contribution in [3.8, 4) is 0 Å². The molecule has 1 aliphatic rings. The van der Waals surface area contributed by atoms with Crippen LogP contribution in [0.2, 0.25) is 0 Å². The summed E-state index contributed by atoms with van der Waals surface area (Å²) in [6.45, 7) is 5.64. The van der Waals surface area contributed by atoms with Crippen molar-refractivity contribution in [2.24, 2.45) is 0 Å². The smallest absolute Gasteiger partial charge is 0.296 e. The zero-order chi connectivity index (χ0) is 24.2. The minimum atomic E-state index is -4.01. The Bertz CT molecular complexity index is 1100. The lowest BCUT2D eigenvalue weighted by molar-refractivity contribution is -0.384. The summed E-state index contributed by atoms with van der Waals surface area (Å²) < 4.78 is 40.4. The molecule has 1 aromatic heterocycles. The summed E-state index contributed by atoms with van der Waals surface area (Å²) in [6, 6.07) is 2.83. The molecule has 1 aromatic carbocycles. The third-order valence-corrected chi connectivity index (χ3v) is 7.84. The molecule has 33 heavy (non-hydrogen) atoms. The first-order valence-electron chi connectivity index (χ1n) is 11.1. The number of aromatic nitrogens is 1. The van der Waals surface area contributed by atoms with Crippen LogP contribution in [0.15, 0.2) is 21.4 Å². The third kappa shape index (κ3) is 5.53. The van der Waals surface area contributed by atoms with Gasteiger partial charge in [-0.2, -0.15) is 0 Å². The molecular weight excluding hydrogens is 448 g/mol. The second kappa shape index (κ2) is 10.2. The highest BCUT2D eigenvalue weighted by Gasteiger charge is 2.38. The van der Waals surface area contributed by atoms with E-state index in [0.717, 1.165) is 19.3 Å². The summed E-state index contributed by atoms with van der Waals surface area (Å²) in [5, 5.41) is 14.9. The van der Waals surface area contributed by atoms with E-state index in [1.54, 1.807) is 7.11 Å². The fraction of sp³-hybridized carbons (Fsp3) is 0.591.